The quantitative estimate of drug-likeness (QED) is 0.768. The Morgan fingerprint density at radius 2 is 2.19 bits per heavy atom. The SMILES string of the molecule is CNCc1c(C)nn(C)c1N(C)CCOC. The van der Waals surface area contributed by atoms with E-state index < -0.39 is 0 Å². The number of methoxy groups -OCH3 is 1. The van der Waals surface area contributed by atoms with Crippen LogP contribution >= 0.6 is 0 Å². The second kappa shape index (κ2) is 5.86. The number of hydrogen-bond donors (Lipinski definition) is 1. The zero-order valence-corrected chi connectivity index (χ0v) is 10.9. The molecule has 0 aromatic carbocycles. The topological polar surface area (TPSA) is 42.3 Å². The van der Waals surface area contributed by atoms with Crippen LogP contribution in [0, 0.1) is 6.92 Å². The molecule has 1 aromatic heterocycles. The average molecular weight is 226 g/mol. The van der Waals surface area contributed by atoms with Gasteiger partial charge in [-0.15, -0.1) is 0 Å². The third-order valence-corrected chi connectivity index (χ3v) is 2.66. The van der Waals surface area contributed by atoms with Gasteiger partial charge >= 0.3 is 0 Å². The summed E-state index contributed by atoms with van der Waals surface area (Å²) in [5.41, 5.74) is 2.33. The Morgan fingerprint density at radius 3 is 2.75 bits per heavy atom. The highest BCUT2D eigenvalue weighted by Crippen LogP contribution is 2.21. The van der Waals surface area contributed by atoms with Crippen LogP contribution in [0.2, 0.25) is 0 Å². The van der Waals surface area contributed by atoms with Crippen molar-refractivity contribution >= 4 is 5.82 Å². The summed E-state index contributed by atoms with van der Waals surface area (Å²) in [7, 11) is 7.71. The standard InChI is InChI=1S/C11H22N4O/c1-9-10(8-12-2)11(15(4)13-9)14(3)6-7-16-5/h12H,6-8H2,1-5H3. The summed E-state index contributed by atoms with van der Waals surface area (Å²) in [6.07, 6.45) is 0. The zero-order valence-electron chi connectivity index (χ0n) is 10.9. The van der Waals surface area contributed by atoms with Gasteiger partial charge in [0.15, 0.2) is 0 Å². The van der Waals surface area contributed by atoms with Gasteiger partial charge in [0.05, 0.1) is 12.3 Å². The maximum atomic E-state index is 5.09. The van der Waals surface area contributed by atoms with Gasteiger partial charge in [-0.05, 0) is 14.0 Å². The summed E-state index contributed by atoms with van der Waals surface area (Å²) in [6, 6.07) is 0. The molecule has 0 radical (unpaired) electrons. The average Bonchev–Trinajstić information content (AvgIpc) is 2.51. The summed E-state index contributed by atoms with van der Waals surface area (Å²) in [6.45, 7) is 4.47. The van der Waals surface area contributed by atoms with E-state index in [1.807, 2.05) is 25.7 Å². The van der Waals surface area contributed by atoms with Crippen molar-refractivity contribution in [2.75, 3.05) is 39.3 Å². The van der Waals surface area contributed by atoms with E-state index in [1.165, 1.54) is 5.56 Å². The third-order valence-electron chi connectivity index (χ3n) is 2.66. The summed E-state index contributed by atoms with van der Waals surface area (Å²) < 4.78 is 7.02. The summed E-state index contributed by atoms with van der Waals surface area (Å²) >= 11 is 0. The van der Waals surface area contributed by atoms with Crippen LogP contribution in [0.1, 0.15) is 11.3 Å². The second-order valence-electron chi connectivity index (χ2n) is 3.96. The minimum Gasteiger partial charge on any atom is -0.383 e. The molecule has 0 aliphatic heterocycles. The van der Waals surface area contributed by atoms with Crippen LogP contribution in [-0.2, 0) is 18.3 Å². The molecule has 0 fully saturated rings. The molecule has 0 bridgehead atoms. The third kappa shape index (κ3) is 2.74. The molecule has 0 aliphatic rings. The van der Waals surface area contributed by atoms with E-state index in [2.05, 4.69) is 22.4 Å². The first-order chi connectivity index (χ1) is 7.61. The molecule has 0 amide bonds. The minimum atomic E-state index is 0.722. The molecule has 5 nitrogen and oxygen atoms in total. The smallest absolute Gasteiger partial charge is 0.131 e. The van der Waals surface area contributed by atoms with E-state index in [-0.39, 0.29) is 0 Å². The molecule has 1 rings (SSSR count). The lowest BCUT2D eigenvalue weighted by Gasteiger charge is -2.20. The van der Waals surface area contributed by atoms with Crippen LogP contribution in [0.25, 0.3) is 0 Å². The Labute approximate surface area is 97.4 Å². The van der Waals surface area contributed by atoms with Crippen LogP contribution in [0.4, 0.5) is 5.82 Å². The van der Waals surface area contributed by atoms with Crippen LogP contribution in [0.5, 0.6) is 0 Å². The summed E-state index contributed by atoms with van der Waals surface area (Å²) in [4.78, 5) is 2.18. The van der Waals surface area contributed by atoms with Crippen LogP contribution < -0.4 is 10.2 Å². The van der Waals surface area contributed by atoms with Gasteiger partial charge in [0.25, 0.3) is 0 Å². The Bertz CT molecular complexity index is 335. The van der Waals surface area contributed by atoms with Crippen molar-refractivity contribution in [1.29, 1.82) is 0 Å². The van der Waals surface area contributed by atoms with Crippen molar-refractivity contribution < 1.29 is 4.74 Å². The lowest BCUT2D eigenvalue weighted by Crippen LogP contribution is -2.26. The molecule has 1 aromatic rings. The molecule has 0 aliphatic carbocycles. The number of hydrogen-bond acceptors (Lipinski definition) is 4. The fraction of sp³-hybridized carbons (Fsp3) is 0.727. The summed E-state index contributed by atoms with van der Waals surface area (Å²) in [5, 5.41) is 7.63. The molecule has 92 valence electrons. The number of rotatable bonds is 6. The highest BCUT2D eigenvalue weighted by atomic mass is 16.5. The van der Waals surface area contributed by atoms with Gasteiger partial charge in [-0.25, -0.2) is 0 Å². The number of ether oxygens (including phenoxy) is 1. The predicted molar refractivity (Wildman–Crippen MR) is 65.9 cm³/mol. The van der Waals surface area contributed by atoms with Crippen molar-refractivity contribution in [2.24, 2.45) is 7.05 Å². The molecule has 0 unspecified atom stereocenters. The Kier molecular flexibility index (Phi) is 4.76. The molecule has 16 heavy (non-hydrogen) atoms. The molecule has 5 heteroatoms. The molecule has 0 saturated heterocycles. The van der Waals surface area contributed by atoms with Crippen LogP contribution in [-0.4, -0.2) is 44.1 Å². The van der Waals surface area contributed by atoms with Crippen LogP contribution in [0.15, 0.2) is 0 Å². The lowest BCUT2D eigenvalue weighted by molar-refractivity contribution is 0.206. The van der Waals surface area contributed by atoms with E-state index >= 15 is 0 Å². The second-order valence-corrected chi connectivity index (χ2v) is 3.96. The lowest BCUT2D eigenvalue weighted by atomic mass is 10.2. The van der Waals surface area contributed by atoms with Crippen molar-refractivity contribution in [2.45, 2.75) is 13.5 Å². The van der Waals surface area contributed by atoms with E-state index in [0.717, 1.165) is 31.2 Å². The highest BCUT2D eigenvalue weighted by molar-refractivity contribution is 5.49. The number of aromatic nitrogens is 2. The maximum absolute atomic E-state index is 5.09. The Balaban J connectivity index is 2.91. The van der Waals surface area contributed by atoms with Crippen molar-refractivity contribution in [3.05, 3.63) is 11.3 Å². The Hall–Kier alpha value is -1.07. The molecule has 0 saturated carbocycles. The van der Waals surface area contributed by atoms with Gasteiger partial charge in [-0.1, -0.05) is 0 Å². The van der Waals surface area contributed by atoms with Gasteiger partial charge in [-0.2, -0.15) is 5.10 Å². The first-order valence-electron chi connectivity index (χ1n) is 5.49. The summed E-state index contributed by atoms with van der Waals surface area (Å²) in [5.74, 6) is 1.16. The van der Waals surface area contributed by atoms with Gasteiger partial charge in [0.1, 0.15) is 5.82 Å². The molecule has 1 heterocycles. The number of aryl methyl sites for hydroxylation is 2. The van der Waals surface area contributed by atoms with Gasteiger partial charge < -0.3 is 15.0 Å². The maximum Gasteiger partial charge on any atom is 0.131 e. The molecule has 0 atom stereocenters. The highest BCUT2D eigenvalue weighted by Gasteiger charge is 2.15. The molecule has 0 spiro atoms. The van der Waals surface area contributed by atoms with E-state index in [1.54, 1.807) is 7.11 Å². The number of likely N-dealkylation sites (N-methyl/N-ethyl adjacent to an activating group) is 1. The van der Waals surface area contributed by atoms with Gasteiger partial charge in [-0.3, -0.25) is 4.68 Å². The number of anilines is 1. The largest absolute Gasteiger partial charge is 0.383 e. The monoisotopic (exact) mass is 226 g/mol. The first-order valence-corrected chi connectivity index (χ1v) is 5.49. The van der Waals surface area contributed by atoms with Crippen LogP contribution in [0.3, 0.4) is 0 Å². The fourth-order valence-corrected chi connectivity index (χ4v) is 1.89. The normalized spacial score (nSPS) is 10.8. The Morgan fingerprint density at radius 1 is 1.50 bits per heavy atom. The molecule has 1 N–H and O–H groups in total. The number of nitrogens with one attached hydrogen (secondary N) is 1. The minimum absolute atomic E-state index is 0.722. The van der Waals surface area contributed by atoms with Crippen molar-refractivity contribution in [1.82, 2.24) is 15.1 Å². The fourth-order valence-electron chi connectivity index (χ4n) is 1.89. The predicted octanol–water partition coefficient (Wildman–Crippen LogP) is 0.531. The van der Waals surface area contributed by atoms with Crippen molar-refractivity contribution in [3.8, 4) is 0 Å². The van der Waals surface area contributed by atoms with Gasteiger partial charge in [0.2, 0.25) is 0 Å². The molecular weight excluding hydrogens is 204 g/mol. The van der Waals surface area contributed by atoms with E-state index in [9.17, 15) is 0 Å². The molecular formula is C11H22N4O. The van der Waals surface area contributed by atoms with Gasteiger partial charge in [0, 0.05) is 39.9 Å². The van der Waals surface area contributed by atoms with E-state index in [4.69, 9.17) is 4.74 Å². The van der Waals surface area contributed by atoms with Crippen molar-refractivity contribution in [3.63, 3.8) is 0 Å². The first kappa shape index (κ1) is 13.0. The number of nitrogens with zero attached hydrogens (tertiary/aromatic N) is 3. The van der Waals surface area contributed by atoms with E-state index in [0.29, 0.717) is 0 Å². The zero-order chi connectivity index (χ0) is 12.1.